The summed E-state index contributed by atoms with van der Waals surface area (Å²) in [4.78, 5) is 13.7. The molecule has 2 aliphatic rings. The van der Waals surface area contributed by atoms with Crippen molar-refractivity contribution < 1.29 is 26.7 Å². The first-order chi connectivity index (χ1) is 18.4. The topological polar surface area (TPSA) is 76.9 Å². The quantitative estimate of drug-likeness (QED) is 0.279. The molecule has 1 aromatic carbocycles. The molecule has 0 unspecified atom stereocenters. The van der Waals surface area contributed by atoms with Crippen LogP contribution in [0.1, 0.15) is 64.3 Å². The van der Waals surface area contributed by atoms with Gasteiger partial charge in [0.05, 0.1) is 21.9 Å². The lowest BCUT2D eigenvalue weighted by Crippen LogP contribution is -2.32. The smallest absolute Gasteiger partial charge is 0.406 e. The first kappa shape index (κ1) is 27.9. The highest BCUT2D eigenvalue weighted by molar-refractivity contribution is 6.39. The highest BCUT2D eigenvalue weighted by atomic mass is 35.5. The van der Waals surface area contributed by atoms with Crippen LogP contribution in [0.5, 0.6) is 5.75 Å². The summed E-state index contributed by atoms with van der Waals surface area (Å²) in [5.41, 5.74) is 1.20. The largest absolute Gasteiger partial charge is 0.573 e. The van der Waals surface area contributed by atoms with Gasteiger partial charge in [0, 0.05) is 37.1 Å². The Labute approximate surface area is 231 Å². The van der Waals surface area contributed by atoms with Crippen molar-refractivity contribution in [1.29, 1.82) is 0 Å². The first-order valence-corrected chi connectivity index (χ1v) is 13.5. The van der Waals surface area contributed by atoms with Crippen molar-refractivity contribution >= 4 is 51.9 Å². The molecule has 2 fully saturated rings. The Morgan fingerprint density at radius 2 is 1.64 bits per heavy atom. The minimum absolute atomic E-state index is 0.0372. The average Bonchev–Trinajstić information content (AvgIpc) is 3.19. The van der Waals surface area contributed by atoms with E-state index in [1.54, 1.807) is 6.20 Å². The van der Waals surface area contributed by atoms with E-state index in [0.29, 0.717) is 41.8 Å². The fourth-order valence-corrected chi connectivity index (χ4v) is 5.80. The summed E-state index contributed by atoms with van der Waals surface area (Å²) >= 11 is 12.6. The second-order valence-electron chi connectivity index (χ2n) is 10.3. The molecule has 0 atom stereocenters. The number of hydrogen-bond donors (Lipinski definition) is 2. The van der Waals surface area contributed by atoms with Crippen molar-refractivity contribution in [3.8, 4) is 5.75 Å². The Bertz CT molecular complexity index is 1310. The first-order valence-electron chi connectivity index (χ1n) is 12.8. The summed E-state index contributed by atoms with van der Waals surface area (Å²) in [6.45, 7) is 2.20. The maximum absolute atomic E-state index is 13.6. The van der Waals surface area contributed by atoms with Gasteiger partial charge in [-0.1, -0.05) is 30.1 Å². The van der Waals surface area contributed by atoms with Crippen LogP contribution < -0.4 is 15.4 Å². The minimum Gasteiger partial charge on any atom is -0.406 e. The number of ether oxygens (including phenoxy) is 1. The number of hydrogen-bond acceptors (Lipinski definition) is 6. The van der Waals surface area contributed by atoms with E-state index in [9.17, 15) is 22.0 Å². The molecule has 2 N–H and O–H groups in total. The van der Waals surface area contributed by atoms with Gasteiger partial charge >= 0.3 is 6.36 Å². The Hall–Kier alpha value is -2.60. The van der Waals surface area contributed by atoms with Gasteiger partial charge in [0.25, 0.3) is 0 Å². The Kier molecular flexibility index (Phi) is 7.71. The molecule has 2 heterocycles. The molecule has 0 amide bonds. The van der Waals surface area contributed by atoms with E-state index < -0.39 is 18.0 Å². The molecule has 0 radical (unpaired) electrons. The number of nitrogens with zero attached hydrogens (tertiary/aromatic N) is 4. The number of fused-ring (bicyclic) bond motifs is 1. The zero-order valence-corrected chi connectivity index (χ0v) is 22.5. The highest BCUT2D eigenvalue weighted by Gasteiger charge is 2.35. The van der Waals surface area contributed by atoms with Crippen LogP contribution in [0.4, 0.5) is 39.5 Å². The Morgan fingerprint density at radius 3 is 2.26 bits per heavy atom. The summed E-state index contributed by atoms with van der Waals surface area (Å²) in [5.74, 6) is -1.92. The fraction of sp³-hybridized carbons (Fsp3) is 0.560. The van der Waals surface area contributed by atoms with Crippen LogP contribution >= 0.6 is 23.2 Å². The monoisotopic (exact) mass is 592 g/mol. The number of halogens is 7. The van der Waals surface area contributed by atoms with Gasteiger partial charge in [-0.15, -0.1) is 13.2 Å². The van der Waals surface area contributed by atoms with Crippen molar-refractivity contribution in [2.24, 2.45) is 5.92 Å². The zero-order chi connectivity index (χ0) is 27.9. The summed E-state index contributed by atoms with van der Waals surface area (Å²) in [5, 5.41) is 6.11. The fourth-order valence-electron chi connectivity index (χ4n) is 5.24. The van der Waals surface area contributed by atoms with E-state index in [1.807, 2.05) is 4.57 Å². The van der Waals surface area contributed by atoms with Gasteiger partial charge in [0.15, 0.2) is 5.65 Å². The maximum Gasteiger partial charge on any atom is 0.573 e. The lowest BCUT2D eigenvalue weighted by atomic mass is 9.87. The van der Waals surface area contributed by atoms with Gasteiger partial charge in [-0.3, -0.25) is 4.57 Å². The Balaban J connectivity index is 1.48. The Morgan fingerprint density at radius 1 is 1.00 bits per heavy atom. The number of imidazole rings is 1. The molecule has 0 aliphatic heterocycles. The number of alkyl halides is 5. The van der Waals surface area contributed by atoms with E-state index in [0.717, 1.165) is 37.8 Å². The number of anilines is 3. The third kappa shape index (κ3) is 6.59. The molecule has 7 nitrogen and oxygen atoms in total. The molecular formula is C25H27Cl2F5N6O. The van der Waals surface area contributed by atoms with Gasteiger partial charge < -0.3 is 15.4 Å². The van der Waals surface area contributed by atoms with Gasteiger partial charge in [-0.05, 0) is 44.4 Å². The summed E-state index contributed by atoms with van der Waals surface area (Å²) in [6, 6.07) is 1.92. The van der Waals surface area contributed by atoms with E-state index in [2.05, 4.69) is 32.3 Å². The molecule has 0 bridgehead atoms. The van der Waals surface area contributed by atoms with Gasteiger partial charge in [-0.2, -0.15) is 4.98 Å². The summed E-state index contributed by atoms with van der Waals surface area (Å²) in [7, 11) is 0. The van der Waals surface area contributed by atoms with Crippen LogP contribution in [0.25, 0.3) is 11.2 Å². The molecule has 5 rings (SSSR count). The molecule has 14 heteroatoms. The molecule has 0 spiro atoms. The molecule has 2 aliphatic carbocycles. The van der Waals surface area contributed by atoms with E-state index in [1.165, 1.54) is 0 Å². The third-order valence-corrected chi connectivity index (χ3v) is 7.92. The van der Waals surface area contributed by atoms with Crippen LogP contribution in [0, 0.1) is 5.92 Å². The van der Waals surface area contributed by atoms with Crippen molar-refractivity contribution in [3.63, 3.8) is 0 Å². The van der Waals surface area contributed by atoms with Crippen molar-refractivity contribution in [2.45, 2.75) is 82.7 Å². The van der Waals surface area contributed by atoms with E-state index >= 15 is 0 Å². The van der Waals surface area contributed by atoms with Crippen LogP contribution in [0.2, 0.25) is 10.0 Å². The summed E-state index contributed by atoms with van der Waals surface area (Å²) in [6.07, 6.45) is 0.647. The van der Waals surface area contributed by atoms with Crippen LogP contribution in [0.3, 0.4) is 0 Å². The maximum atomic E-state index is 13.6. The van der Waals surface area contributed by atoms with E-state index in [4.69, 9.17) is 28.2 Å². The second-order valence-corrected chi connectivity index (χ2v) is 11.1. The molecule has 39 heavy (non-hydrogen) atoms. The van der Waals surface area contributed by atoms with Crippen LogP contribution in [0.15, 0.2) is 18.3 Å². The molecule has 0 saturated heterocycles. The SMILES string of the molecule is CC1CCC(n2c(Nc3c(Cl)cc(OC(F)(F)F)cc3Cl)nc3cnc(NC4CCC(F)(F)CC4)nc32)CC1. The third-order valence-electron chi connectivity index (χ3n) is 7.32. The normalized spacial score (nSPS) is 22.2. The van der Waals surface area contributed by atoms with Crippen molar-refractivity contribution in [1.82, 2.24) is 19.5 Å². The van der Waals surface area contributed by atoms with Crippen molar-refractivity contribution in [3.05, 3.63) is 28.4 Å². The van der Waals surface area contributed by atoms with Crippen molar-refractivity contribution in [2.75, 3.05) is 10.6 Å². The number of rotatable bonds is 6. The van der Waals surface area contributed by atoms with Gasteiger partial charge in [0.1, 0.15) is 11.3 Å². The summed E-state index contributed by atoms with van der Waals surface area (Å²) < 4.78 is 71.1. The van der Waals surface area contributed by atoms with E-state index in [-0.39, 0.29) is 40.7 Å². The number of aromatic nitrogens is 4. The predicted octanol–water partition coefficient (Wildman–Crippen LogP) is 8.52. The standard InChI is InChI=1S/C25H27Cl2F5N6O/c1-13-2-4-15(5-3-13)38-21-19(12-33-22(37-21)34-14-6-8-24(28,29)9-7-14)35-23(38)36-20-17(26)10-16(11-18(20)27)39-25(30,31)32/h10-15H,2-9H2,1H3,(H,35,36)(H,33,34,37). The lowest BCUT2D eigenvalue weighted by molar-refractivity contribution is -0.274. The minimum atomic E-state index is -4.89. The second kappa shape index (κ2) is 10.8. The number of nitrogens with one attached hydrogen (secondary N) is 2. The predicted molar refractivity (Wildman–Crippen MR) is 139 cm³/mol. The molecule has 2 aromatic heterocycles. The van der Waals surface area contributed by atoms with Crippen LogP contribution in [-0.2, 0) is 0 Å². The zero-order valence-electron chi connectivity index (χ0n) is 21.0. The molecule has 3 aromatic rings. The molecule has 212 valence electrons. The van der Waals surface area contributed by atoms with Gasteiger partial charge in [-0.25, -0.2) is 18.7 Å². The lowest BCUT2D eigenvalue weighted by Gasteiger charge is -2.29. The average molecular weight is 593 g/mol. The van der Waals surface area contributed by atoms with Gasteiger partial charge in [0.2, 0.25) is 17.8 Å². The number of benzene rings is 1. The highest BCUT2D eigenvalue weighted by Crippen LogP contribution is 2.41. The molecular weight excluding hydrogens is 566 g/mol. The molecule has 2 saturated carbocycles. The van der Waals surface area contributed by atoms with Crippen LogP contribution in [-0.4, -0.2) is 37.8 Å².